The van der Waals surface area contributed by atoms with Crippen molar-refractivity contribution < 1.29 is 14.3 Å². The van der Waals surface area contributed by atoms with E-state index in [0.717, 1.165) is 30.6 Å². The summed E-state index contributed by atoms with van der Waals surface area (Å²) in [6.07, 6.45) is 3.25. The second kappa shape index (κ2) is 5.80. The topological polar surface area (TPSA) is 73.6 Å². The Morgan fingerprint density at radius 1 is 1.36 bits per heavy atom. The number of carbonyl (C=O) groups excluding carboxylic acids is 1. The van der Waals surface area contributed by atoms with Crippen LogP contribution in [0.1, 0.15) is 51.1 Å². The maximum atomic E-state index is 12.5. The highest BCUT2D eigenvalue weighted by Crippen LogP contribution is 2.40. The summed E-state index contributed by atoms with van der Waals surface area (Å²) in [5, 5.41) is 3.13. The molecule has 120 valence electrons. The third kappa shape index (κ3) is 3.19. The van der Waals surface area contributed by atoms with Crippen LogP contribution in [-0.2, 0) is 9.53 Å². The first-order valence-electron chi connectivity index (χ1n) is 7.95. The van der Waals surface area contributed by atoms with Crippen LogP contribution in [0.2, 0.25) is 0 Å². The number of nitrogens with two attached hydrogens (primary N) is 1. The fourth-order valence-electron chi connectivity index (χ4n) is 3.21. The zero-order chi connectivity index (χ0) is 15.7. The summed E-state index contributed by atoms with van der Waals surface area (Å²) < 4.78 is 11.6. The van der Waals surface area contributed by atoms with Gasteiger partial charge in [-0.25, -0.2) is 0 Å². The Hall–Kier alpha value is -1.75. The Bertz CT molecular complexity index is 565. The summed E-state index contributed by atoms with van der Waals surface area (Å²) in [4.78, 5) is 12.5. The lowest BCUT2D eigenvalue weighted by Gasteiger charge is -2.38. The first-order chi connectivity index (χ1) is 10.4. The molecule has 2 aliphatic rings. The van der Waals surface area contributed by atoms with Gasteiger partial charge in [-0.2, -0.15) is 0 Å². The van der Waals surface area contributed by atoms with Crippen molar-refractivity contribution in [2.24, 2.45) is 0 Å². The van der Waals surface area contributed by atoms with Crippen LogP contribution in [0, 0.1) is 0 Å². The fourth-order valence-corrected chi connectivity index (χ4v) is 3.21. The first kappa shape index (κ1) is 15.2. The van der Waals surface area contributed by atoms with Gasteiger partial charge in [-0.1, -0.05) is 0 Å². The Morgan fingerprint density at radius 3 is 2.91 bits per heavy atom. The molecule has 1 aromatic rings. The summed E-state index contributed by atoms with van der Waals surface area (Å²) in [5.41, 5.74) is 7.19. The predicted molar refractivity (Wildman–Crippen MR) is 84.7 cm³/mol. The van der Waals surface area contributed by atoms with Crippen LogP contribution in [0.4, 0.5) is 5.69 Å². The predicted octanol–water partition coefficient (Wildman–Crippen LogP) is 2.56. The summed E-state index contributed by atoms with van der Waals surface area (Å²) in [7, 11) is 0. The number of hydrogen-bond donors (Lipinski definition) is 2. The molecule has 3 N–H and O–H groups in total. The largest absolute Gasteiger partial charge is 0.487 e. The van der Waals surface area contributed by atoms with E-state index in [-0.39, 0.29) is 23.7 Å². The Labute approximate surface area is 131 Å². The molecule has 0 aromatic heterocycles. The molecule has 2 aliphatic heterocycles. The van der Waals surface area contributed by atoms with E-state index in [4.69, 9.17) is 15.2 Å². The van der Waals surface area contributed by atoms with Gasteiger partial charge in [-0.05, 0) is 51.3 Å². The van der Waals surface area contributed by atoms with Gasteiger partial charge in [0.1, 0.15) is 17.5 Å². The molecule has 0 bridgehead atoms. The Kier molecular flexibility index (Phi) is 4.00. The molecule has 2 unspecified atom stereocenters. The molecular weight excluding hydrogens is 280 g/mol. The van der Waals surface area contributed by atoms with E-state index in [0.29, 0.717) is 18.7 Å². The highest BCUT2D eigenvalue weighted by Gasteiger charge is 2.36. The number of nitrogen functional groups attached to an aromatic ring is 1. The molecule has 5 heteroatoms. The summed E-state index contributed by atoms with van der Waals surface area (Å²) in [6.45, 7) is 4.73. The second-order valence-electron chi connectivity index (χ2n) is 6.78. The molecule has 2 atom stereocenters. The lowest BCUT2D eigenvalue weighted by molar-refractivity contribution is -0.136. The number of anilines is 1. The van der Waals surface area contributed by atoms with E-state index in [2.05, 4.69) is 5.32 Å². The van der Waals surface area contributed by atoms with Gasteiger partial charge in [0, 0.05) is 24.3 Å². The van der Waals surface area contributed by atoms with Gasteiger partial charge in [0.15, 0.2) is 0 Å². The maximum absolute atomic E-state index is 12.5. The van der Waals surface area contributed by atoms with Crippen LogP contribution in [0.5, 0.6) is 5.75 Å². The molecule has 1 saturated heterocycles. The van der Waals surface area contributed by atoms with Crippen molar-refractivity contribution in [3.05, 3.63) is 23.8 Å². The summed E-state index contributed by atoms with van der Waals surface area (Å²) in [5.74, 6) is 0.760. The average Bonchev–Trinajstić information content (AvgIpc) is 2.48. The van der Waals surface area contributed by atoms with E-state index in [1.165, 1.54) is 0 Å². The minimum absolute atomic E-state index is 0.0317. The standard InChI is InChI=1S/C17H24N2O3/c1-17(2)10-13(12-9-11(18)6-7-14(12)22-17)19-16(20)15-5-3-4-8-21-15/h6-7,9,13,15H,3-5,8,10,18H2,1-2H3,(H,19,20). The van der Waals surface area contributed by atoms with Gasteiger partial charge in [-0.15, -0.1) is 0 Å². The molecule has 2 heterocycles. The first-order valence-corrected chi connectivity index (χ1v) is 7.95. The average molecular weight is 304 g/mol. The van der Waals surface area contributed by atoms with Crippen LogP contribution in [0.15, 0.2) is 18.2 Å². The molecule has 22 heavy (non-hydrogen) atoms. The van der Waals surface area contributed by atoms with Gasteiger partial charge in [0.2, 0.25) is 5.91 Å². The Morgan fingerprint density at radius 2 is 2.18 bits per heavy atom. The van der Waals surface area contributed by atoms with E-state index in [9.17, 15) is 4.79 Å². The van der Waals surface area contributed by atoms with E-state index in [1.54, 1.807) is 0 Å². The summed E-state index contributed by atoms with van der Waals surface area (Å²) in [6, 6.07) is 5.49. The molecule has 1 amide bonds. The molecule has 5 nitrogen and oxygen atoms in total. The van der Waals surface area contributed by atoms with Gasteiger partial charge in [0.05, 0.1) is 6.04 Å². The van der Waals surface area contributed by atoms with Crippen molar-refractivity contribution in [3.63, 3.8) is 0 Å². The monoisotopic (exact) mass is 304 g/mol. The van der Waals surface area contributed by atoms with Gasteiger partial charge < -0.3 is 20.5 Å². The van der Waals surface area contributed by atoms with E-state index < -0.39 is 0 Å². The molecule has 0 spiro atoms. The molecule has 0 radical (unpaired) electrons. The number of nitrogens with one attached hydrogen (secondary N) is 1. The van der Waals surface area contributed by atoms with Crippen molar-refractivity contribution in [1.82, 2.24) is 5.32 Å². The fraction of sp³-hybridized carbons (Fsp3) is 0.588. The normalized spacial score (nSPS) is 26.6. The number of hydrogen-bond acceptors (Lipinski definition) is 4. The molecule has 1 aromatic carbocycles. The molecule has 0 saturated carbocycles. The number of benzene rings is 1. The van der Waals surface area contributed by atoms with Crippen LogP contribution in [0.25, 0.3) is 0 Å². The lowest BCUT2D eigenvalue weighted by Crippen LogP contribution is -2.45. The maximum Gasteiger partial charge on any atom is 0.249 e. The van der Waals surface area contributed by atoms with Crippen molar-refractivity contribution in [1.29, 1.82) is 0 Å². The zero-order valence-electron chi connectivity index (χ0n) is 13.2. The van der Waals surface area contributed by atoms with Gasteiger partial charge in [-0.3, -0.25) is 4.79 Å². The quantitative estimate of drug-likeness (QED) is 0.824. The molecule has 0 aliphatic carbocycles. The van der Waals surface area contributed by atoms with Crippen molar-refractivity contribution in [3.8, 4) is 5.75 Å². The smallest absolute Gasteiger partial charge is 0.249 e. The SMILES string of the molecule is CC1(C)CC(NC(=O)C2CCCCO2)c2cc(N)ccc2O1. The molecule has 1 fully saturated rings. The van der Waals surface area contributed by atoms with Gasteiger partial charge in [0.25, 0.3) is 0 Å². The van der Waals surface area contributed by atoms with Gasteiger partial charge >= 0.3 is 0 Å². The lowest BCUT2D eigenvalue weighted by atomic mass is 9.89. The highest BCUT2D eigenvalue weighted by molar-refractivity contribution is 5.81. The number of fused-ring (bicyclic) bond motifs is 1. The number of amides is 1. The van der Waals surface area contributed by atoms with Crippen LogP contribution < -0.4 is 15.8 Å². The van der Waals surface area contributed by atoms with Crippen LogP contribution in [-0.4, -0.2) is 24.2 Å². The Balaban J connectivity index is 1.80. The van der Waals surface area contributed by atoms with Crippen molar-refractivity contribution >= 4 is 11.6 Å². The van der Waals surface area contributed by atoms with Crippen LogP contribution in [0.3, 0.4) is 0 Å². The third-order valence-corrected chi connectivity index (χ3v) is 4.28. The highest BCUT2D eigenvalue weighted by atomic mass is 16.5. The summed E-state index contributed by atoms with van der Waals surface area (Å²) >= 11 is 0. The van der Waals surface area contributed by atoms with Crippen molar-refractivity contribution in [2.45, 2.75) is 57.3 Å². The second-order valence-corrected chi connectivity index (χ2v) is 6.78. The minimum Gasteiger partial charge on any atom is -0.487 e. The van der Waals surface area contributed by atoms with Crippen molar-refractivity contribution in [2.75, 3.05) is 12.3 Å². The van der Waals surface area contributed by atoms with Crippen LogP contribution >= 0.6 is 0 Å². The third-order valence-electron chi connectivity index (χ3n) is 4.28. The number of rotatable bonds is 2. The van der Waals surface area contributed by atoms with E-state index >= 15 is 0 Å². The minimum atomic E-state index is -0.329. The van der Waals surface area contributed by atoms with E-state index in [1.807, 2.05) is 32.0 Å². The number of ether oxygens (including phenoxy) is 2. The number of carbonyl (C=O) groups is 1. The molecule has 3 rings (SSSR count). The molecular formula is C17H24N2O3. The zero-order valence-corrected chi connectivity index (χ0v) is 13.2.